The van der Waals surface area contributed by atoms with E-state index >= 15 is 0 Å². The number of halogens is 3. The molecule has 2 amide bonds. The number of rotatable bonds is 6. The Hall–Kier alpha value is -2.98. The average Bonchev–Trinajstić information content (AvgIpc) is 2.66. The summed E-state index contributed by atoms with van der Waals surface area (Å²) < 4.78 is 95.5. The Morgan fingerprint density at radius 2 is 1.65 bits per heavy atom. The van der Waals surface area contributed by atoms with Crippen LogP contribution in [0.25, 0.3) is 0 Å². The lowest BCUT2D eigenvalue weighted by molar-refractivity contribution is -0.141. The van der Waals surface area contributed by atoms with Crippen molar-refractivity contribution in [1.82, 2.24) is 19.0 Å². The van der Waals surface area contributed by atoms with Crippen LogP contribution < -0.4 is 14.8 Å². The zero-order chi connectivity index (χ0) is 23.6. The molecule has 1 aromatic carbocycles. The van der Waals surface area contributed by atoms with Gasteiger partial charge in [-0.15, -0.1) is 0 Å². The highest BCUT2D eigenvalue weighted by Crippen LogP contribution is 2.30. The van der Waals surface area contributed by atoms with E-state index < -0.39 is 59.6 Å². The Morgan fingerprint density at radius 3 is 2.16 bits per heavy atom. The van der Waals surface area contributed by atoms with Crippen LogP contribution in [0.15, 0.2) is 40.1 Å². The summed E-state index contributed by atoms with van der Waals surface area (Å²) in [7, 11) is -5.58. The van der Waals surface area contributed by atoms with Crippen LogP contribution in [0.1, 0.15) is 5.69 Å². The maximum Gasteiger partial charge on any atom is 0.433 e. The molecule has 0 radical (unpaired) electrons. The molecular formula is C15H16F3N5O6S2. The fraction of sp³-hybridized carbons (Fsp3) is 0.267. The molecule has 0 aliphatic heterocycles. The molecule has 0 saturated carbocycles. The molecule has 11 nitrogen and oxygen atoms in total. The smallest absolute Gasteiger partial charge is 0.433 e. The van der Waals surface area contributed by atoms with Crippen LogP contribution >= 0.6 is 0 Å². The lowest BCUT2D eigenvalue weighted by Crippen LogP contribution is -2.36. The van der Waals surface area contributed by atoms with E-state index in [1.807, 2.05) is 0 Å². The standard InChI is InChI=1S/C15H16F3N5O6S2/c1-23(2)31(27,28)10-7-5-4-6-9(10)30(25,26)22-14(24)21-13-19-11(15(16,17)18)8-12(20-13)29-3/h4-8H,1-3H3,(H2,19,20,21,22,24). The van der Waals surface area contributed by atoms with E-state index in [0.29, 0.717) is 6.07 Å². The zero-order valence-corrected chi connectivity index (χ0v) is 17.8. The summed E-state index contributed by atoms with van der Waals surface area (Å²) in [6.07, 6.45) is -4.89. The van der Waals surface area contributed by atoms with Gasteiger partial charge in [0.05, 0.1) is 7.11 Å². The first-order chi connectivity index (χ1) is 14.2. The summed E-state index contributed by atoms with van der Waals surface area (Å²) in [4.78, 5) is 17.3. The normalized spacial score (nSPS) is 12.5. The molecule has 0 aliphatic carbocycles. The molecule has 2 aromatic rings. The second-order valence-corrected chi connectivity index (χ2v) is 9.68. The van der Waals surface area contributed by atoms with E-state index in [0.717, 1.165) is 23.5 Å². The van der Waals surface area contributed by atoms with Crippen molar-refractivity contribution in [3.05, 3.63) is 36.0 Å². The van der Waals surface area contributed by atoms with Crippen LogP contribution in [0.4, 0.5) is 23.9 Å². The van der Waals surface area contributed by atoms with E-state index in [-0.39, 0.29) is 0 Å². The number of nitrogens with zero attached hydrogens (tertiary/aromatic N) is 3. The second kappa shape index (κ2) is 8.64. The highest BCUT2D eigenvalue weighted by atomic mass is 32.2. The molecular weight excluding hydrogens is 467 g/mol. The molecule has 0 unspecified atom stereocenters. The molecule has 1 aromatic heterocycles. The lowest BCUT2D eigenvalue weighted by atomic mass is 10.4. The number of nitrogens with one attached hydrogen (secondary N) is 2. The highest BCUT2D eigenvalue weighted by molar-refractivity contribution is 7.92. The molecule has 31 heavy (non-hydrogen) atoms. The lowest BCUT2D eigenvalue weighted by Gasteiger charge is -2.15. The fourth-order valence-electron chi connectivity index (χ4n) is 2.12. The molecule has 0 fully saturated rings. The van der Waals surface area contributed by atoms with Gasteiger partial charge in [-0.1, -0.05) is 12.1 Å². The number of methoxy groups -OCH3 is 1. The quantitative estimate of drug-likeness (QED) is 0.624. The van der Waals surface area contributed by atoms with Gasteiger partial charge in [0.2, 0.25) is 21.9 Å². The van der Waals surface area contributed by atoms with E-state index in [1.54, 1.807) is 5.32 Å². The maximum absolute atomic E-state index is 12.9. The molecule has 0 spiro atoms. The van der Waals surface area contributed by atoms with E-state index in [1.165, 1.54) is 31.0 Å². The summed E-state index contributed by atoms with van der Waals surface area (Å²) in [6.45, 7) is 0. The number of urea groups is 1. The van der Waals surface area contributed by atoms with E-state index in [9.17, 15) is 34.8 Å². The number of carbonyl (C=O) groups excluding carboxylic acids is 1. The van der Waals surface area contributed by atoms with Crippen LogP contribution in [-0.2, 0) is 26.2 Å². The maximum atomic E-state index is 12.9. The fourth-order valence-corrected chi connectivity index (χ4v) is 4.72. The van der Waals surface area contributed by atoms with Crippen molar-refractivity contribution >= 4 is 32.0 Å². The predicted molar refractivity (Wildman–Crippen MR) is 100 cm³/mol. The van der Waals surface area contributed by atoms with Gasteiger partial charge in [0.1, 0.15) is 9.79 Å². The third-order valence-electron chi connectivity index (χ3n) is 3.55. The molecule has 2 rings (SSSR count). The van der Waals surface area contributed by atoms with Crippen LogP contribution in [0.2, 0.25) is 0 Å². The summed E-state index contributed by atoms with van der Waals surface area (Å²) >= 11 is 0. The van der Waals surface area contributed by atoms with Crippen molar-refractivity contribution < 1.29 is 39.5 Å². The minimum absolute atomic E-state index is 0.474. The molecule has 0 saturated heterocycles. The number of benzene rings is 1. The Balaban J connectivity index is 2.36. The van der Waals surface area contributed by atoms with Gasteiger partial charge in [-0.25, -0.2) is 35.6 Å². The van der Waals surface area contributed by atoms with Crippen LogP contribution in [0, 0.1) is 0 Å². The number of amides is 2. The van der Waals surface area contributed by atoms with Crippen molar-refractivity contribution in [3.63, 3.8) is 0 Å². The number of anilines is 1. The molecule has 0 atom stereocenters. The van der Waals surface area contributed by atoms with Crippen molar-refractivity contribution in [2.45, 2.75) is 16.0 Å². The van der Waals surface area contributed by atoms with Gasteiger partial charge in [0.15, 0.2) is 5.69 Å². The minimum atomic E-state index is -4.89. The largest absolute Gasteiger partial charge is 0.481 e. The highest BCUT2D eigenvalue weighted by Gasteiger charge is 2.34. The topological polar surface area (TPSA) is 148 Å². The minimum Gasteiger partial charge on any atom is -0.481 e. The second-order valence-electron chi connectivity index (χ2n) is 5.91. The Bertz CT molecular complexity index is 1200. The predicted octanol–water partition coefficient (Wildman–Crippen LogP) is 1.26. The number of hydrogen-bond acceptors (Lipinski definition) is 8. The van der Waals surface area contributed by atoms with Crippen molar-refractivity contribution in [2.75, 3.05) is 26.5 Å². The van der Waals surface area contributed by atoms with Gasteiger partial charge in [-0.2, -0.15) is 18.2 Å². The van der Waals surface area contributed by atoms with Crippen molar-refractivity contribution in [1.29, 1.82) is 0 Å². The van der Waals surface area contributed by atoms with E-state index in [2.05, 4.69) is 14.7 Å². The van der Waals surface area contributed by atoms with Crippen LogP contribution in [0.3, 0.4) is 0 Å². The van der Waals surface area contributed by atoms with Gasteiger partial charge in [0.25, 0.3) is 10.0 Å². The van der Waals surface area contributed by atoms with Crippen LogP contribution in [-0.4, -0.2) is 58.3 Å². The first kappa shape index (κ1) is 24.3. The summed E-state index contributed by atoms with van der Waals surface area (Å²) in [5.41, 5.74) is -1.44. The third-order valence-corrected chi connectivity index (χ3v) is 6.94. The molecule has 16 heteroatoms. The average molecular weight is 483 g/mol. The summed E-state index contributed by atoms with van der Waals surface area (Å²) in [5.74, 6) is -1.43. The molecule has 0 bridgehead atoms. The molecule has 0 aliphatic rings. The number of sulfonamides is 2. The number of alkyl halides is 3. The Labute approximate surface area is 175 Å². The van der Waals surface area contributed by atoms with Crippen molar-refractivity contribution in [2.24, 2.45) is 0 Å². The first-order valence-corrected chi connectivity index (χ1v) is 11.0. The van der Waals surface area contributed by atoms with Gasteiger partial charge < -0.3 is 4.74 Å². The molecule has 1 heterocycles. The Morgan fingerprint density at radius 1 is 1.06 bits per heavy atom. The monoisotopic (exact) mass is 483 g/mol. The number of aromatic nitrogens is 2. The van der Waals surface area contributed by atoms with Gasteiger partial charge in [-0.05, 0) is 12.1 Å². The summed E-state index contributed by atoms with van der Waals surface area (Å²) in [6, 6.07) is 3.40. The number of hydrogen-bond donors (Lipinski definition) is 2. The van der Waals surface area contributed by atoms with Gasteiger partial charge in [-0.3, -0.25) is 5.32 Å². The molecule has 170 valence electrons. The van der Waals surface area contributed by atoms with Gasteiger partial charge in [0, 0.05) is 20.2 Å². The SMILES string of the molecule is COc1cc(C(F)(F)F)nc(NC(=O)NS(=O)(=O)c2ccccc2S(=O)(=O)N(C)C)n1. The number of carbonyl (C=O) groups is 1. The summed E-state index contributed by atoms with van der Waals surface area (Å²) in [5, 5.41) is 1.74. The number of ether oxygens (including phenoxy) is 1. The molecule has 2 N–H and O–H groups in total. The zero-order valence-electron chi connectivity index (χ0n) is 16.1. The van der Waals surface area contributed by atoms with Gasteiger partial charge >= 0.3 is 12.2 Å². The van der Waals surface area contributed by atoms with Crippen molar-refractivity contribution in [3.8, 4) is 5.88 Å². The van der Waals surface area contributed by atoms with Crippen LogP contribution in [0.5, 0.6) is 5.88 Å². The third kappa shape index (κ3) is 5.59. The van der Waals surface area contributed by atoms with E-state index in [4.69, 9.17) is 0 Å². The first-order valence-electron chi connectivity index (χ1n) is 8.04. The Kier molecular flexibility index (Phi) is 6.77.